The predicted molar refractivity (Wildman–Crippen MR) is 92.4 cm³/mol. The Labute approximate surface area is 141 Å². The van der Waals surface area contributed by atoms with E-state index in [1.807, 2.05) is 47.2 Å². The third-order valence-electron chi connectivity index (χ3n) is 3.63. The van der Waals surface area contributed by atoms with Gasteiger partial charge in [-0.15, -0.1) is 11.3 Å². The van der Waals surface area contributed by atoms with Crippen molar-refractivity contribution in [2.75, 3.05) is 5.32 Å². The number of hydrogen-bond donors (Lipinski definition) is 1. The van der Waals surface area contributed by atoms with Gasteiger partial charge in [0.15, 0.2) is 5.69 Å². The van der Waals surface area contributed by atoms with E-state index in [9.17, 15) is 4.79 Å². The quantitative estimate of drug-likeness (QED) is 0.614. The second kappa shape index (κ2) is 5.61. The van der Waals surface area contributed by atoms with Crippen molar-refractivity contribution in [3.05, 3.63) is 58.9 Å². The number of carbonyl (C=O) groups is 1. The van der Waals surface area contributed by atoms with E-state index in [0.29, 0.717) is 11.6 Å². The van der Waals surface area contributed by atoms with Gasteiger partial charge in [-0.05, 0) is 43.0 Å². The average molecular weight is 338 g/mol. The van der Waals surface area contributed by atoms with Gasteiger partial charge < -0.3 is 9.84 Å². The minimum absolute atomic E-state index is 0.242. The van der Waals surface area contributed by atoms with E-state index < -0.39 is 0 Å². The van der Waals surface area contributed by atoms with Crippen LogP contribution in [0.3, 0.4) is 0 Å². The normalized spacial score (nSPS) is 11.1. The lowest BCUT2D eigenvalue weighted by Crippen LogP contribution is -2.14. The summed E-state index contributed by atoms with van der Waals surface area (Å²) in [7, 11) is 0. The lowest BCUT2D eigenvalue weighted by molar-refractivity contribution is 0.101. The molecule has 4 rings (SSSR count). The molecule has 120 valence electrons. The molecule has 0 aliphatic rings. The van der Waals surface area contributed by atoms with Crippen molar-refractivity contribution < 1.29 is 9.32 Å². The molecule has 0 aliphatic carbocycles. The molecule has 0 radical (unpaired) electrons. The lowest BCUT2D eigenvalue weighted by Gasteiger charge is -2.05. The highest BCUT2D eigenvalue weighted by atomic mass is 32.1. The van der Waals surface area contributed by atoms with Crippen LogP contribution in [0.25, 0.3) is 16.2 Å². The maximum atomic E-state index is 12.5. The average Bonchev–Trinajstić information content (AvgIpc) is 3.27. The fourth-order valence-corrected chi connectivity index (χ4v) is 3.21. The number of thiophene rings is 1. The monoisotopic (exact) mass is 338 g/mol. The summed E-state index contributed by atoms with van der Waals surface area (Å²) in [5.74, 6) is 0.887. The van der Waals surface area contributed by atoms with Gasteiger partial charge in [0.25, 0.3) is 5.91 Å². The van der Waals surface area contributed by atoms with Crippen LogP contribution >= 0.6 is 11.3 Å². The molecule has 6 nitrogen and oxygen atoms in total. The molecule has 24 heavy (non-hydrogen) atoms. The molecule has 0 bridgehead atoms. The van der Waals surface area contributed by atoms with Gasteiger partial charge in [0.2, 0.25) is 0 Å². The van der Waals surface area contributed by atoms with Crippen LogP contribution in [0.5, 0.6) is 0 Å². The standard InChI is InChI=1S/C17H14N4O2S/c1-10-5-6-21-14(8-10)18-15(13-4-3-7-24-13)16(21)19-17(22)12-9-11(2)23-20-12/h3-9H,1-2H3,(H,19,22). The van der Waals surface area contributed by atoms with E-state index in [2.05, 4.69) is 15.5 Å². The maximum absolute atomic E-state index is 12.5. The zero-order chi connectivity index (χ0) is 16.7. The first kappa shape index (κ1) is 14.6. The van der Waals surface area contributed by atoms with Gasteiger partial charge in [0, 0.05) is 12.3 Å². The van der Waals surface area contributed by atoms with Crippen LogP contribution in [0.4, 0.5) is 5.82 Å². The molecule has 7 heteroatoms. The molecule has 0 aliphatic heterocycles. The number of amides is 1. The molecule has 0 atom stereocenters. The topological polar surface area (TPSA) is 72.4 Å². The summed E-state index contributed by atoms with van der Waals surface area (Å²) in [6.07, 6.45) is 1.90. The molecule has 0 saturated heterocycles. The van der Waals surface area contributed by atoms with Gasteiger partial charge in [-0.3, -0.25) is 9.20 Å². The number of fused-ring (bicyclic) bond motifs is 1. The van der Waals surface area contributed by atoms with E-state index in [-0.39, 0.29) is 11.6 Å². The minimum Gasteiger partial charge on any atom is -0.361 e. The van der Waals surface area contributed by atoms with Crippen LogP contribution in [-0.4, -0.2) is 20.4 Å². The number of pyridine rings is 1. The number of hydrogen-bond acceptors (Lipinski definition) is 5. The Morgan fingerprint density at radius 3 is 2.88 bits per heavy atom. The number of carbonyl (C=O) groups excluding carboxylic acids is 1. The lowest BCUT2D eigenvalue weighted by atomic mass is 10.3. The van der Waals surface area contributed by atoms with E-state index in [0.717, 1.165) is 21.8 Å². The zero-order valence-corrected chi connectivity index (χ0v) is 13.9. The van der Waals surface area contributed by atoms with Crippen LogP contribution in [0.2, 0.25) is 0 Å². The number of rotatable bonds is 3. The smallest absolute Gasteiger partial charge is 0.279 e. The first-order valence-electron chi connectivity index (χ1n) is 7.39. The fraction of sp³-hybridized carbons (Fsp3) is 0.118. The van der Waals surface area contributed by atoms with Crippen molar-refractivity contribution in [2.24, 2.45) is 0 Å². The summed E-state index contributed by atoms with van der Waals surface area (Å²) in [5.41, 5.74) is 2.87. The van der Waals surface area contributed by atoms with Crippen LogP contribution in [0.15, 0.2) is 46.4 Å². The van der Waals surface area contributed by atoms with E-state index in [4.69, 9.17) is 4.52 Å². The summed E-state index contributed by atoms with van der Waals surface area (Å²) in [6, 6.07) is 9.50. The van der Waals surface area contributed by atoms with Gasteiger partial charge >= 0.3 is 0 Å². The molecular formula is C17H14N4O2S. The maximum Gasteiger partial charge on any atom is 0.279 e. The Hall–Kier alpha value is -2.93. The molecular weight excluding hydrogens is 324 g/mol. The highest BCUT2D eigenvalue weighted by Gasteiger charge is 2.19. The molecule has 4 aromatic rings. The van der Waals surface area contributed by atoms with Crippen LogP contribution < -0.4 is 5.32 Å². The Morgan fingerprint density at radius 1 is 1.29 bits per heavy atom. The first-order chi connectivity index (χ1) is 11.6. The van der Waals surface area contributed by atoms with Gasteiger partial charge in [-0.2, -0.15) is 0 Å². The van der Waals surface area contributed by atoms with Crippen molar-refractivity contribution in [2.45, 2.75) is 13.8 Å². The van der Waals surface area contributed by atoms with Gasteiger partial charge in [-0.25, -0.2) is 4.98 Å². The zero-order valence-electron chi connectivity index (χ0n) is 13.1. The summed E-state index contributed by atoms with van der Waals surface area (Å²) in [6.45, 7) is 3.76. The molecule has 0 aromatic carbocycles. The van der Waals surface area contributed by atoms with Crippen molar-refractivity contribution in [3.8, 4) is 10.6 Å². The van der Waals surface area contributed by atoms with Crippen LogP contribution in [0.1, 0.15) is 21.8 Å². The second-order valence-electron chi connectivity index (χ2n) is 5.50. The van der Waals surface area contributed by atoms with E-state index >= 15 is 0 Å². The molecule has 4 heterocycles. The summed E-state index contributed by atoms with van der Waals surface area (Å²) < 4.78 is 6.85. The predicted octanol–water partition coefficient (Wildman–Crippen LogP) is 3.92. The van der Waals surface area contributed by atoms with E-state index in [1.54, 1.807) is 24.3 Å². The Kier molecular flexibility index (Phi) is 3.42. The van der Waals surface area contributed by atoms with Crippen molar-refractivity contribution >= 4 is 28.7 Å². The van der Waals surface area contributed by atoms with Crippen molar-refractivity contribution in [3.63, 3.8) is 0 Å². The summed E-state index contributed by atoms with van der Waals surface area (Å²) in [5, 5.41) is 8.67. The largest absolute Gasteiger partial charge is 0.361 e. The Morgan fingerprint density at radius 2 is 2.17 bits per heavy atom. The van der Waals surface area contributed by atoms with Gasteiger partial charge in [0.1, 0.15) is 22.9 Å². The summed E-state index contributed by atoms with van der Waals surface area (Å²) in [4.78, 5) is 18.2. The van der Waals surface area contributed by atoms with Crippen LogP contribution in [-0.2, 0) is 0 Å². The number of aromatic nitrogens is 3. The van der Waals surface area contributed by atoms with Crippen molar-refractivity contribution in [1.29, 1.82) is 0 Å². The number of anilines is 1. The van der Waals surface area contributed by atoms with Crippen molar-refractivity contribution in [1.82, 2.24) is 14.5 Å². The Bertz CT molecular complexity index is 1030. The molecule has 0 spiro atoms. The molecule has 4 aromatic heterocycles. The van der Waals surface area contributed by atoms with Gasteiger partial charge in [0.05, 0.1) is 4.88 Å². The second-order valence-corrected chi connectivity index (χ2v) is 6.44. The molecule has 1 amide bonds. The number of nitrogens with zero attached hydrogens (tertiary/aromatic N) is 3. The molecule has 0 saturated carbocycles. The highest BCUT2D eigenvalue weighted by molar-refractivity contribution is 7.13. The highest BCUT2D eigenvalue weighted by Crippen LogP contribution is 2.32. The molecule has 0 unspecified atom stereocenters. The molecule has 1 N–H and O–H groups in total. The summed E-state index contributed by atoms with van der Waals surface area (Å²) >= 11 is 1.58. The minimum atomic E-state index is -0.327. The third kappa shape index (κ3) is 2.48. The molecule has 0 fully saturated rings. The third-order valence-corrected chi connectivity index (χ3v) is 4.51. The van der Waals surface area contributed by atoms with Gasteiger partial charge in [-0.1, -0.05) is 11.2 Å². The number of nitrogens with one attached hydrogen (secondary N) is 1. The van der Waals surface area contributed by atoms with Crippen LogP contribution in [0, 0.1) is 13.8 Å². The Balaban J connectivity index is 1.83. The van der Waals surface area contributed by atoms with E-state index in [1.165, 1.54) is 0 Å². The number of imidazole rings is 1. The fourth-order valence-electron chi connectivity index (χ4n) is 2.50. The SMILES string of the molecule is Cc1ccn2c(NC(=O)c3cc(C)on3)c(-c3cccs3)nc2c1. The first-order valence-corrected chi connectivity index (χ1v) is 8.27. The number of aryl methyl sites for hydroxylation is 2.